The van der Waals surface area contributed by atoms with E-state index in [1.807, 2.05) is 27.8 Å². The van der Waals surface area contributed by atoms with Gasteiger partial charge < -0.3 is 10.2 Å². The van der Waals surface area contributed by atoms with Crippen LogP contribution in [0.3, 0.4) is 0 Å². The highest BCUT2D eigenvalue weighted by atomic mass is 16.2. The fourth-order valence-corrected chi connectivity index (χ4v) is 3.29. The van der Waals surface area contributed by atoms with Gasteiger partial charge in [-0.05, 0) is 38.8 Å². The number of nitrogens with one attached hydrogen (secondary N) is 1. The molecule has 0 spiro atoms. The van der Waals surface area contributed by atoms with Crippen molar-refractivity contribution in [3.05, 3.63) is 47.3 Å². The number of nitrogens with zero attached hydrogens (tertiary/aromatic N) is 3. The van der Waals surface area contributed by atoms with Gasteiger partial charge >= 0.3 is 0 Å². The highest BCUT2D eigenvalue weighted by Gasteiger charge is 2.26. The third-order valence-electron chi connectivity index (χ3n) is 4.71. The maximum atomic E-state index is 11.9. The Morgan fingerprint density at radius 1 is 1.38 bits per heavy atom. The minimum Gasteiger partial charge on any atom is -0.312 e. The molecule has 0 fully saturated rings. The van der Waals surface area contributed by atoms with Crippen LogP contribution < -0.4 is 10.2 Å². The zero-order valence-corrected chi connectivity index (χ0v) is 14.9. The quantitative estimate of drug-likeness (QED) is 0.937. The summed E-state index contributed by atoms with van der Waals surface area (Å²) in [6, 6.07) is 8.82. The van der Waals surface area contributed by atoms with Crippen LogP contribution >= 0.6 is 0 Å². The first-order valence-corrected chi connectivity index (χ1v) is 8.62. The average molecular weight is 326 g/mol. The SMILES string of the molecule is CC(=O)N1CCC(NCc2cn(C(C)C)nc2C)c2ccccc21. The second-order valence-electron chi connectivity index (χ2n) is 6.77. The van der Waals surface area contributed by atoms with Gasteiger partial charge in [-0.3, -0.25) is 9.48 Å². The van der Waals surface area contributed by atoms with Gasteiger partial charge in [0.05, 0.1) is 5.69 Å². The lowest BCUT2D eigenvalue weighted by molar-refractivity contribution is -0.116. The number of benzene rings is 1. The van der Waals surface area contributed by atoms with E-state index in [0.29, 0.717) is 6.04 Å². The minimum absolute atomic E-state index is 0.106. The maximum Gasteiger partial charge on any atom is 0.223 e. The fourth-order valence-electron chi connectivity index (χ4n) is 3.29. The fraction of sp³-hybridized carbons (Fsp3) is 0.474. The van der Waals surface area contributed by atoms with E-state index in [1.165, 1.54) is 11.1 Å². The lowest BCUT2D eigenvalue weighted by atomic mass is 9.96. The number of anilines is 1. The van der Waals surface area contributed by atoms with E-state index in [0.717, 1.165) is 30.9 Å². The summed E-state index contributed by atoms with van der Waals surface area (Å²) >= 11 is 0. The van der Waals surface area contributed by atoms with Gasteiger partial charge in [0.15, 0.2) is 0 Å². The molecule has 2 heterocycles. The molecule has 0 bridgehead atoms. The molecule has 24 heavy (non-hydrogen) atoms. The van der Waals surface area contributed by atoms with Crippen LogP contribution in [0.15, 0.2) is 30.5 Å². The zero-order valence-electron chi connectivity index (χ0n) is 14.9. The molecular formula is C19H26N4O. The van der Waals surface area contributed by atoms with Crippen LogP contribution in [-0.4, -0.2) is 22.2 Å². The molecule has 1 unspecified atom stereocenters. The van der Waals surface area contributed by atoms with Crippen LogP contribution in [0.1, 0.15) is 56.1 Å². The molecular weight excluding hydrogens is 300 g/mol. The molecule has 1 aromatic carbocycles. The van der Waals surface area contributed by atoms with Crippen molar-refractivity contribution in [2.45, 2.75) is 52.7 Å². The molecule has 0 aliphatic carbocycles. The number of aromatic nitrogens is 2. The lowest BCUT2D eigenvalue weighted by Gasteiger charge is -2.34. The van der Waals surface area contributed by atoms with Gasteiger partial charge in [0.2, 0.25) is 5.91 Å². The second-order valence-corrected chi connectivity index (χ2v) is 6.77. The van der Waals surface area contributed by atoms with Crippen LogP contribution in [-0.2, 0) is 11.3 Å². The maximum absolute atomic E-state index is 11.9. The van der Waals surface area contributed by atoms with Crippen molar-refractivity contribution in [3.8, 4) is 0 Å². The summed E-state index contributed by atoms with van der Waals surface area (Å²) in [6.07, 6.45) is 3.05. The Balaban J connectivity index is 1.77. The van der Waals surface area contributed by atoms with Crippen molar-refractivity contribution in [3.63, 3.8) is 0 Å². The van der Waals surface area contributed by atoms with Crippen molar-refractivity contribution in [1.82, 2.24) is 15.1 Å². The number of para-hydroxylation sites is 1. The summed E-state index contributed by atoms with van der Waals surface area (Å²) < 4.78 is 2.01. The van der Waals surface area contributed by atoms with Gasteiger partial charge in [-0.1, -0.05) is 18.2 Å². The number of carbonyl (C=O) groups is 1. The first kappa shape index (κ1) is 16.7. The largest absolute Gasteiger partial charge is 0.312 e. The number of rotatable bonds is 4. The van der Waals surface area contributed by atoms with Gasteiger partial charge in [0, 0.05) is 49.5 Å². The standard InChI is InChI=1S/C19H26N4O/c1-13(2)23-12-16(14(3)21-23)11-20-18-9-10-22(15(4)24)19-8-6-5-7-17(18)19/h5-8,12-13,18,20H,9-11H2,1-4H3. The van der Waals surface area contributed by atoms with Crippen molar-refractivity contribution in [2.24, 2.45) is 0 Å². The van der Waals surface area contributed by atoms with Crippen LogP contribution in [0.2, 0.25) is 0 Å². The van der Waals surface area contributed by atoms with Gasteiger partial charge in [-0.2, -0.15) is 5.10 Å². The molecule has 1 aromatic heterocycles. The molecule has 5 heteroatoms. The summed E-state index contributed by atoms with van der Waals surface area (Å²) in [6.45, 7) is 9.51. The van der Waals surface area contributed by atoms with Crippen LogP contribution in [0.4, 0.5) is 5.69 Å². The topological polar surface area (TPSA) is 50.2 Å². The molecule has 0 saturated carbocycles. The van der Waals surface area contributed by atoms with Crippen molar-refractivity contribution in [1.29, 1.82) is 0 Å². The number of amides is 1. The molecule has 1 aliphatic rings. The molecule has 3 rings (SSSR count). The molecule has 1 aliphatic heterocycles. The lowest BCUT2D eigenvalue weighted by Crippen LogP contribution is -2.38. The Kier molecular flexibility index (Phi) is 4.71. The third-order valence-corrected chi connectivity index (χ3v) is 4.71. The molecule has 2 aromatic rings. The van der Waals surface area contributed by atoms with E-state index in [2.05, 4.69) is 43.4 Å². The number of aryl methyl sites for hydroxylation is 1. The molecule has 0 saturated heterocycles. The Labute approximate surface area is 143 Å². The van der Waals surface area contributed by atoms with E-state index < -0.39 is 0 Å². The summed E-state index contributed by atoms with van der Waals surface area (Å²) in [7, 11) is 0. The van der Waals surface area contributed by atoms with Crippen LogP contribution in [0, 0.1) is 6.92 Å². The number of carbonyl (C=O) groups excluding carboxylic acids is 1. The number of fused-ring (bicyclic) bond motifs is 1. The Bertz CT molecular complexity index is 735. The van der Waals surface area contributed by atoms with Gasteiger partial charge in [-0.25, -0.2) is 0 Å². The Morgan fingerprint density at radius 2 is 2.12 bits per heavy atom. The first-order chi connectivity index (χ1) is 11.5. The van der Waals surface area contributed by atoms with Crippen molar-refractivity contribution >= 4 is 11.6 Å². The zero-order chi connectivity index (χ0) is 17.3. The third kappa shape index (κ3) is 3.22. The van der Waals surface area contributed by atoms with E-state index in [4.69, 9.17) is 0 Å². The molecule has 5 nitrogen and oxygen atoms in total. The molecule has 0 radical (unpaired) electrons. The van der Waals surface area contributed by atoms with E-state index in [1.54, 1.807) is 6.92 Å². The summed E-state index contributed by atoms with van der Waals surface area (Å²) in [5.74, 6) is 0.106. The first-order valence-electron chi connectivity index (χ1n) is 8.62. The summed E-state index contributed by atoms with van der Waals surface area (Å²) in [5.41, 5.74) is 4.54. The van der Waals surface area contributed by atoms with Gasteiger partial charge in [0.25, 0.3) is 0 Å². The van der Waals surface area contributed by atoms with E-state index in [9.17, 15) is 4.79 Å². The van der Waals surface area contributed by atoms with Gasteiger partial charge in [0.1, 0.15) is 0 Å². The summed E-state index contributed by atoms with van der Waals surface area (Å²) in [5, 5.41) is 8.23. The normalized spacial score (nSPS) is 17.2. The Hall–Kier alpha value is -2.14. The summed E-state index contributed by atoms with van der Waals surface area (Å²) in [4.78, 5) is 13.7. The monoisotopic (exact) mass is 326 g/mol. The average Bonchev–Trinajstić information content (AvgIpc) is 2.93. The number of hydrogen-bond donors (Lipinski definition) is 1. The second kappa shape index (κ2) is 6.77. The van der Waals surface area contributed by atoms with E-state index >= 15 is 0 Å². The van der Waals surface area contributed by atoms with Crippen LogP contribution in [0.5, 0.6) is 0 Å². The van der Waals surface area contributed by atoms with Crippen molar-refractivity contribution in [2.75, 3.05) is 11.4 Å². The number of hydrogen-bond acceptors (Lipinski definition) is 3. The predicted molar refractivity (Wildman–Crippen MR) is 96.0 cm³/mol. The highest BCUT2D eigenvalue weighted by molar-refractivity contribution is 5.92. The Morgan fingerprint density at radius 3 is 2.79 bits per heavy atom. The molecule has 128 valence electrons. The molecule has 1 amide bonds. The van der Waals surface area contributed by atoms with Crippen LogP contribution in [0.25, 0.3) is 0 Å². The predicted octanol–water partition coefficient (Wildman–Crippen LogP) is 3.36. The van der Waals surface area contributed by atoms with Crippen molar-refractivity contribution < 1.29 is 4.79 Å². The smallest absolute Gasteiger partial charge is 0.223 e. The van der Waals surface area contributed by atoms with E-state index in [-0.39, 0.29) is 11.9 Å². The molecule has 1 atom stereocenters. The van der Waals surface area contributed by atoms with Gasteiger partial charge in [-0.15, -0.1) is 0 Å². The minimum atomic E-state index is 0.106. The highest BCUT2D eigenvalue weighted by Crippen LogP contribution is 2.33. The molecule has 1 N–H and O–H groups in total.